The van der Waals surface area contributed by atoms with Crippen molar-refractivity contribution in [2.45, 2.75) is 25.5 Å². The van der Waals surface area contributed by atoms with Crippen molar-refractivity contribution in [2.24, 2.45) is 0 Å². The van der Waals surface area contributed by atoms with Crippen LogP contribution in [0.3, 0.4) is 0 Å². The monoisotopic (exact) mass is 282 g/mol. The fraction of sp³-hybridized carbons (Fsp3) is 0.235. The van der Waals surface area contributed by atoms with Crippen molar-refractivity contribution in [1.82, 2.24) is 5.32 Å². The molecule has 4 heteroatoms. The van der Waals surface area contributed by atoms with Crippen LogP contribution in [0.1, 0.15) is 28.8 Å². The molecule has 3 N–H and O–H groups in total. The Kier molecular flexibility index (Phi) is 3.77. The van der Waals surface area contributed by atoms with E-state index in [0.717, 1.165) is 18.4 Å². The Labute approximate surface area is 123 Å². The molecule has 2 aromatic rings. The van der Waals surface area contributed by atoms with Gasteiger partial charge in [0.2, 0.25) is 0 Å². The predicted molar refractivity (Wildman–Crippen MR) is 82.1 cm³/mol. The van der Waals surface area contributed by atoms with Crippen LogP contribution in [0.4, 0.5) is 5.69 Å². The van der Waals surface area contributed by atoms with E-state index in [1.807, 2.05) is 30.3 Å². The molecule has 0 unspecified atom stereocenters. The molecule has 21 heavy (non-hydrogen) atoms. The van der Waals surface area contributed by atoms with Gasteiger partial charge < -0.3 is 15.8 Å². The lowest BCUT2D eigenvalue weighted by molar-refractivity contribution is 0.0946. The van der Waals surface area contributed by atoms with Gasteiger partial charge in [0.25, 0.3) is 5.91 Å². The van der Waals surface area contributed by atoms with Crippen LogP contribution in [0.2, 0.25) is 0 Å². The number of nitrogens with one attached hydrogen (secondary N) is 1. The summed E-state index contributed by atoms with van der Waals surface area (Å²) in [5.74, 6) is 0.428. The van der Waals surface area contributed by atoms with Crippen molar-refractivity contribution in [3.8, 4) is 5.75 Å². The number of nitrogens with two attached hydrogens (primary N) is 1. The molecule has 1 amide bonds. The van der Waals surface area contributed by atoms with E-state index in [-0.39, 0.29) is 5.91 Å². The molecule has 4 nitrogen and oxygen atoms in total. The molecule has 0 heterocycles. The number of amides is 1. The zero-order valence-corrected chi connectivity index (χ0v) is 11.7. The van der Waals surface area contributed by atoms with Gasteiger partial charge in [-0.2, -0.15) is 0 Å². The van der Waals surface area contributed by atoms with Crippen molar-refractivity contribution in [2.75, 3.05) is 5.73 Å². The number of rotatable bonds is 5. The summed E-state index contributed by atoms with van der Waals surface area (Å²) in [5.41, 5.74) is 7.97. The number of carbonyl (C=O) groups excluding carboxylic acids is 1. The second-order valence-electron chi connectivity index (χ2n) is 5.28. The standard InChI is InChI=1S/C17H18N2O2/c18-13-6-9-15(17(20)19-14-7-8-14)16(10-13)21-11-12-4-2-1-3-5-12/h1-6,9-10,14H,7-8,11,18H2,(H,19,20). The average molecular weight is 282 g/mol. The minimum atomic E-state index is -0.0967. The first-order chi connectivity index (χ1) is 10.2. The van der Waals surface area contributed by atoms with Crippen LogP contribution in [0, 0.1) is 0 Å². The molecule has 3 rings (SSSR count). The van der Waals surface area contributed by atoms with Crippen molar-refractivity contribution in [1.29, 1.82) is 0 Å². The van der Waals surface area contributed by atoms with E-state index in [4.69, 9.17) is 10.5 Å². The molecule has 0 bridgehead atoms. The summed E-state index contributed by atoms with van der Waals surface area (Å²) in [6.45, 7) is 0.411. The predicted octanol–water partition coefficient (Wildman–Crippen LogP) is 2.74. The van der Waals surface area contributed by atoms with Crippen LogP contribution in [-0.2, 0) is 6.61 Å². The third-order valence-electron chi connectivity index (χ3n) is 3.40. The van der Waals surface area contributed by atoms with Crippen LogP contribution >= 0.6 is 0 Å². The molecule has 0 atom stereocenters. The maximum absolute atomic E-state index is 12.2. The molecular weight excluding hydrogens is 264 g/mol. The average Bonchev–Trinajstić information content (AvgIpc) is 3.30. The van der Waals surface area contributed by atoms with Crippen LogP contribution in [0.15, 0.2) is 48.5 Å². The summed E-state index contributed by atoms with van der Waals surface area (Å²) in [7, 11) is 0. The first-order valence-electron chi connectivity index (χ1n) is 7.09. The van der Waals surface area contributed by atoms with Crippen molar-refractivity contribution < 1.29 is 9.53 Å². The highest BCUT2D eigenvalue weighted by Crippen LogP contribution is 2.25. The fourth-order valence-electron chi connectivity index (χ4n) is 2.07. The number of anilines is 1. The Morgan fingerprint density at radius 2 is 1.95 bits per heavy atom. The van der Waals surface area contributed by atoms with E-state index in [2.05, 4.69) is 5.32 Å². The van der Waals surface area contributed by atoms with Crippen LogP contribution < -0.4 is 15.8 Å². The van der Waals surface area contributed by atoms with E-state index in [9.17, 15) is 4.79 Å². The molecule has 1 saturated carbocycles. The van der Waals surface area contributed by atoms with E-state index >= 15 is 0 Å². The summed E-state index contributed by atoms with van der Waals surface area (Å²) in [6, 6.07) is 15.3. The molecule has 0 saturated heterocycles. The highest BCUT2D eigenvalue weighted by molar-refractivity contribution is 5.97. The van der Waals surface area contributed by atoms with Gasteiger partial charge in [-0.05, 0) is 30.5 Å². The Morgan fingerprint density at radius 1 is 1.19 bits per heavy atom. The van der Waals surface area contributed by atoms with Gasteiger partial charge in [-0.15, -0.1) is 0 Å². The fourth-order valence-corrected chi connectivity index (χ4v) is 2.07. The largest absolute Gasteiger partial charge is 0.488 e. The number of hydrogen-bond acceptors (Lipinski definition) is 3. The number of nitrogen functional groups attached to an aromatic ring is 1. The lowest BCUT2D eigenvalue weighted by Crippen LogP contribution is -2.25. The molecule has 1 fully saturated rings. The molecule has 0 aliphatic heterocycles. The molecule has 1 aliphatic rings. The van der Waals surface area contributed by atoms with Gasteiger partial charge >= 0.3 is 0 Å². The van der Waals surface area contributed by atoms with Crippen molar-refractivity contribution in [3.05, 3.63) is 59.7 Å². The lowest BCUT2D eigenvalue weighted by atomic mass is 10.1. The third-order valence-corrected chi connectivity index (χ3v) is 3.40. The zero-order valence-electron chi connectivity index (χ0n) is 11.7. The Bertz CT molecular complexity index is 636. The van der Waals surface area contributed by atoms with Gasteiger partial charge in [-0.3, -0.25) is 4.79 Å². The van der Waals surface area contributed by atoms with Crippen molar-refractivity contribution >= 4 is 11.6 Å². The SMILES string of the molecule is Nc1ccc(C(=O)NC2CC2)c(OCc2ccccc2)c1. The highest BCUT2D eigenvalue weighted by Gasteiger charge is 2.25. The van der Waals surface area contributed by atoms with Crippen molar-refractivity contribution in [3.63, 3.8) is 0 Å². The first-order valence-corrected chi connectivity index (χ1v) is 7.09. The molecule has 108 valence electrons. The van der Waals surface area contributed by atoms with E-state index in [0.29, 0.717) is 29.6 Å². The quantitative estimate of drug-likeness (QED) is 0.829. The maximum Gasteiger partial charge on any atom is 0.255 e. The van der Waals surface area contributed by atoms with Gasteiger partial charge in [0, 0.05) is 17.8 Å². The normalized spacial score (nSPS) is 13.7. The Morgan fingerprint density at radius 3 is 2.67 bits per heavy atom. The summed E-state index contributed by atoms with van der Waals surface area (Å²) in [5, 5.41) is 2.97. The van der Waals surface area contributed by atoms with Crippen LogP contribution in [-0.4, -0.2) is 11.9 Å². The summed E-state index contributed by atoms with van der Waals surface area (Å²) < 4.78 is 5.79. The second-order valence-corrected chi connectivity index (χ2v) is 5.28. The minimum absolute atomic E-state index is 0.0967. The molecule has 0 aromatic heterocycles. The van der Waals surface area contributed by atoms with Crippen LogP contribution in [0.25, 0.3) is 0 Å². The summed E-state index contributed by atoms with van der Waals surface area (Å²) >= 11 is 0. The van der Waals surface area contributed by atoms with Gasteiger partial charge in [0.15, 0.2) is 0 Å². The molecule has 0 radical (unpaired) electrons. The van der Waals surface area contributed by atoms with Gasteiger partial charge in [0.05, 0.1) is 5.56 Å². The van der Waals surface area contributed by atoms with Crippen LogP contribution in [0.5, 0.6) is 5.75 Å². The smallest absolute Gasteiger partial charge is 0.255 e. The molecule has 2 aromatic carbocycles. The van der Waals surface area contributed by atoms with Gasteiger partial charge in [0.1, 0.15) is 12.4 Å². The molecule has 0 spiro atoms. The highest BCUT2D eigenvalue weighted by atomic mass is 16.5. The Balaban J connectivity index is 1.75. The van der Waals surface area contributed by atoms with Gasteiger partial charge in [-0.1, -0.05) is 30.3 Å². The summed E-state index contributed by atoms with van der Waals surface area (Å²) in [4.78, 5) is 12.2. The number of ether oxygens (including phenoxy) is 1. The Hall–Kier alpha value is -2.49. The van der Waals surface area contributed by atoms with E-state index < -0.39 is 0 Å². The maximum atomic E-state index is 12.2. The summed E-state index contributed by atoms with van der Waals surface area (Å²) in [6.07, 6.45) is 2.11. The third kappa shape index (κ3) is 3.54. The van der Waals surface area contributed by atoms with E-state index in [1.165, 1.54) is 0 Å². The number of benzene rings is 2. The second kappa shape index (κ2) is 5.87. The van der Waals surface area contributed by atoms with E-state index in [1.54, 1.807) is 18.2 Å². The van der Waals surface area contributed by atoms with Gasteiger partial charge in [-0.25, -0.2) is 0 Å². The topological polar surface area (TPSA) is 64.4 Å². The zero-order chi connectivity index (χ0) is 14.7. The minimum Gasteiger partial charge on any atom is -0.488 e. The lowest BCUT2D eigenvalue weighted by Gasteiger charge is -2.12. The number of carbonyl (C=O) groups is 1. The number of hydrogen-bond donors (Lipinski definition) is 2. The molecule has 1 aliphatic carbocycles. The first kappa shape index (κ1) is 13.5. The molecular formula is C17H18N2O2.